The van der Waals surface area contributed by atoms with Gasteiger partial charge in [0, 0.05) is 12.3 Å². The number of aromatic nitrogens is 2. The number of ether oxygens (including phenoxy) is 1. The van der Waals surface area contributed by atoms with Gasteiger partial charge in [0.15, 0.2) is 0 Å². The lowest BCUT2D eigenvalue weighted by Gasteiger charge is -2.09. The highest BCUT2D eigenvalue weighted by atomic mass is 16.5. The van der Waals surface area contributed by atoms with Crippen LogP contribution in [0.2, 0.25) is 0 Å². The lowest BCUT2D eigenvalue weighted by atomic mass is 10.1. The molecule has 0 bridgehead atoms. The number of esters is 1. The summed E-state index contributed by atoms with van der Waals surface area (Å²) in [6.07, 6.45) is 2.09. The number of H-pyrrole nitrogens is 1. The van der Waals surface area contributed by atoms with Crippen molar-refractivity contribution in [3.05, 3.63) is 33.1 Å². The summed E-state index contributed by atoms with van der Waals surface area (Å²) in [5, 5.41) is 0. The maximum absolute atomic E-state index is 11.3. The van der Waals surface area contributed by atoms with Crippen LogP contribution >= 0.6 is 0 Å². The summed E-state index contributed by atoms with van der Waals surface area (Å²) in [4.78, 5) is 35.5. The number of nitrogens with one attached hydrogen (secondary N) is 1. The molecule has 0 aliphatic carbocycles. The second-order valence-electron chi connectivity index (χ2n) is 3.78. The Bertz CT molecular complexity index is 489. The van der Waals surface area contributed by atoms with Crippen LogP contribution in [0.15, 0.2) is 21.9 Å². The van der Waals surface area contributed by atoms with Gasteiger partial charge in [-0.15, -0.1) is 0 Å². The molecule has 0 aromatic carbocycles. The molecule has 1 heterocycles. The fraction of sp³-hybridized carbons (Fsp3) is 0.545. The van der Waals surface area contributed by atoms with Gasteiger partial charge in [-0.25, -0.2) is 4.79 Å². The van der Waals surface area contributed by atoms with Crippen molar-refractivity contribution in [3.8, 4) is 0 Å². The van der Waals surface area contributed by atoms with Crippen LogP contribution in [0.25, 0.3) is 0 Å². The molecular weight excluding hydrogens is 224 g/mol. The zero-order chi connectivity index (χ0) is 12.8. The topological polar surface area (TPSA) is 81.2 Å². The molecule has 0 amide bonds. The van der Waals surface area contributed by atoms with Crippen molar-refractivity contribution in [2.24, 2.45) is 5.92 Å². The van der Waals surface area contributed by atoms with Gasteiger partial charge in [-0.2, -0.15) is 0 Å². The molecule has 0 saturated heterocycles. The number of carbonyl (C=O) groups excluding carboxylic acids is 1. The van der Waals surface area contributed by atoms with E-state index in [0.717, 1.165) is 6.42 Å². The largest absolute Gasteiger partial charge is 0.464 e. The zero-order valence-electron chi connectivity index (χ0n) is 9.93. The molecule has 0 aliphatic rings. The van der Waals surface area contributed by atoms with Crippen molar-refractivity contribution < 1.29 is 9.53 Å². The fourth-order valence-electron chi connectivity index (χ4n) is 1.17. The summed E-state index contributed by atoms with van der Waals surface area (Å²) in [6.45, 7) is 4.04. The number of hydrogen-bond donors (Lipinski definition) is 1. The van der Waals surface area contributed by atoms with Crippen LogP contribution in [0.5, 0.6) is 0 Å². The van der Waals surface area contributed by atoms with Crippen LogP contribution in [-0.4, -0.2) is 22.1 Å². The van der Waals surface area contributed by atoms with Crippen molar-refractivity contribution in [1.29, 1.82) is 0 Å². The monoisotopic (exact) mass is 240 g/mol. The van der Waals surface area contributed by atoms with E-state index in [0.29, 0.717) is 0 Å². The second-order valence-corrected chi connectivity index (χ2v) is 3.78. The smallest absolute Gasteiger partial charge is 0.328 e. The van der Waals surface area contributed by atoms with Crippen LogP contribution in [0.1, 0.15) is 20.3 Å². The second kappa shape index (κ2) is 6.03. The predicted octanol–water partition coefficient (Wildman–Crippen LogP) is 0.126. The molecule has 6 nitrogen and oxygen atoms in total. The highest BCUT2D eigenvalue weighted by Gasteiger charge is 2.11. The number of hydrogen-bond acceptors (Lipinski definition) is 4. The van der Waals surface area contributed by atoms with Gasteiger partial charge >= 0.3 is 11.7 Å². The summed E-state index contributed by atoms with van der Waals surface area (Å²) in [7, 11) is 0. The molecule has 94 valence electrons. The Hall–Kier alpha value is -1.85. The lowest BCUT2D eigenvalue weighted by molar-refractivity contribution is -0.148. The quantitative estimate of drug-likeness (QED) is 0.741. The molecular formula is C11H16N2O4. The molecule has 1 N–H and O–H groups in total. The Kier molecular flexibility index (Phi) is 4.68. The van der Waals surface area contributed by atoms with E-state index in [9.17, 15) is 14.4 Å². The Labute approximate surface area is 98.2 Å². The lowest BCUT2D eigenvalue weighted by Crippen LogP contribution is -2.30. The van der Waals surface area contributed by atoms with E-state index in [1.54, 1.807) is 6.92 Å². The van der Waals surface area contributed by atoms with Gasteiger partial charge in [0.05, 0.1) is 12.5 Å². The SMILES string of the molecule is CCC(C)C(=O)OCCn1ccc(=O)[nH]c1=O. The van der Waals surface area contributed by atoms with Crippen molar-refractivity contribution >= 4 is 5.97 Å². The average Bonchev–Trinajstić information content (AvgIpc) is 2.30. The number of rotatable bonds is 5. The van der Waals surface area contributed by atoms with Gasteiger partial charge in [-0.1, -0.05) is 13.8 Å². The molecule has 0 radical (unpaired) electrons. The van der Waals surface area contributed by atoms with E-state index in [1.807, 2.05) is 6.92 Å². The summed E-state index contributed by atoms with van der Waals surface area (Å²) >= 11 is 0. The van der Waals surface area contributed by atoms with Gasteiger partial charge in [0.25, 0.3) is 5.56 Å². The third-order valence-electron chi connectivity index (χ3n) is 2.49. The highest BCUT2D eigenvalue weighted by molar-refractivity contribution is 5.71. The van der Waals surface area contributed by atoms with Gasteiger partial charge in [-0.05, 0) is 6.42 Å². The van der Waals surface area contributed by atoms with Crippen LogP contribution < -0.4 is 11.2 Å². The van der Waals surface area contributed by atoms with Gasteiger partial charge in [0.1, 0.15) is 6.61 Å². The number of carbonyl (C=O) groups is 1. The van der Waals surface area contributed by atoms with Crippen molar-refractivity contribution in [2.75, 3.05) is 6.61 Å². The summed E-state index contributed by atoms with van der Waals surface area (Å²) in [5.74, 6) is -0.410. The average molecular weight is 240 g/mol. The van der Waals surface area contributed by atoms with E-state index >= 15 is 0 Å². The Morgan fingerprint density at radius 2 is 2.24 bits per heavy atom. The van der Waals surface area contributed by atoms with Gasteiger partial charge < -0.3 is 4.74 Å². The van der Waals surface area contributed by atoms with E-state index in [2.05, 4.69) is 4.98 Å². The first-order chi connectivity index (χ1) is 8.04. The summed E-state index contributed by atoms with van der Waals surface area (Å²) in [6, 6.07) is 1.25. The molecule has 0 saturated carbocycles. The minimum atomic E-state index is -0.503. The third kappa shape index (κ3) is 3.90. The molecule has 0 fully saturated rings. The molecule has 17 heavy (non-hydrogen) atoms. The molecule has 1 unspecified atom stereocenters. The third-order valence-corrected chi connectivity index (χ3v) is 2.49. The van der Waals surface area contributed by atoms with Crippen LogP contribution in [-0.2, 0) is 16.1 Å². The highest BCUT2D eigenvalue weighted by Crippen LogP contribution is 2.02. The molecule has 0 aliphatic heterocycles. The first kappa shape index (κ1) is 13.2. The Morgan fingerprint density at radius 1 is 1.53 bits per heavy atom. The first-order valence-electron chi connectivity index (χ1n) is 5.51. The maximum Gasteiger partial charge on any atom is 0.328 e. The molecule has 1 aromatic rings. The standard InChI is InChI=1S/C11H16N2O4/c1-3-8(2)10(15)17-7-6-13-5-4-9(14)12-11(13)16/h4-5,8H,3,6-7H2,1-2H3,(H,12,14,16). The van der Waals surface area contributed by atoms with Crippen LogP contribution in [0, 0.1) is 5.92 Å². The minimum absolute atomic E-state index is 0.120. The maximum atomic E-state index is 11.3. The molecule has 6 heteroatoms. The van der Waals surface area contributed by atoms with Crippen molar-refractivity contribution in [3.63, 3.8) is 0 Å². The van der Waals surface area contributed by atoms with Gasteiger partial charge in [-0.3, -0.25) is 19.1 Å². The van der Waals surface area contributed by atoms with Crippen LogP contribution in [0.4, 0.5) is 0 Å². The van der Waals surface area contributed by atoms with Crippen LogP contribution in [0.3, 0.4) is 0 Å². The Balaban J connectivity index is 2.49. The first-order valence-corrected chi connectivity index (χ1v) is 5.51. The summed E-state index contributed by atoms with van der Waals surface area (Å²) < 4.78 is 6.28. The van der Waals surface area contributed by atoms with E-state index < -0.39 is 11.2 Å². The molecule has 1 aromatic heterocycles. The molecule has 0 spiro atoms. The van der Waals surface area contributed by atoms with E-state index in [1.165, 1.54) is 16.8 Å². The zero-order valence-corrected chi connectivity index (χ0v) is 9.93. The molecule has 1 atom stereocenters. The minimum Gasteiger partial charge on any atom is -0.464 e. The number of nitrogens with zero attached hydrogens (tertiary/aromatic N) is 1. The van der Waals surface area contributed by atoms with Crippen molar-refractivity contribution in [2.45, 2.75) is 26.8 Å². The Morgan fingerprint density at radius 3 is 2.82 bits per heavy atom. The van der Waals surface area contributed by atoms with E-state index in [4.69, 9.17) is 4.74 Å². The van der Waals surface area contributed by atoms with E-state index in [-0.39, 0.29) is 25.0 Å². The summed E-state index contributed by atoms with van der Waals surface area (Å²) in [5.41, 5.74) is -0.945. The normalized spacial score (nSPS) is 12.1. The molecule has 1 rings (SSSR count). The van der Waals surface area contributed by atoms with Gasteiger partial charge in [0.2, 0.25) is 0 Å². The number of aromatic amines is 1. The fourth-order valence-corrected chi connectivity index (χ4v) is 1.17. The predicted molar refractivity (Wildman–Crippen MR) is 61.7 cm³/mol. The van der Waals surface area contributed by atoms with Crippen molar-refractivity contribution in [1.82, 2.24) is 9.55 Å².